The molecule has 0 spiro atoms. The molecule has 2 N–H and O–H groups in total. The van der Waals surface area contributed by atoms with E-state index in [9.17, 15) is 13.2 Å². The quantitative estimate of drug-likeness (QED) is 0.756. The highest BCUT2D eigenvalue weighted by Gasteiger charge is 2.50. The number of nitrogens with zero attached hydrogens (tertiary/aromatic N) is 2. The molecule has 1 saturated carbocycles. The normalized spacial score (nSPS) is 28.5. The van der Waals surface area contributed by atoms with Crippen LogP contribution in [-0.4, -0.2) is 35.7 Å². The van der Waals surface area contributed by atoms with Crippen LogP contribution in [0.3, 0.4) is 0 Å². The van der Waals surface area contributed by atoms with Crippen LogP contribution < -0.4 is 5.73 Å². The van der Waals surface area contributed by atoms with Gasteiger partial charge in [0.2, 0.25) is 15.9 Å². The maximum atomic E-state index is 13.2. The fraction of sp³-hybridized carbons (Fsp3) is 0.571. The fourth-order valence-electron chi connectivity index (χ4n) is 3.71. The molecule has 2 heterocycles. The van der Waals surface area contributed by atoms with E-state index in [0.29, 0.717) is 10.9 Å². The van der Waals surface area contributed by atoms with Crippen LogP contribution in [0.1, 0.15) is 32.1 Å². The van der Waals surface area contributed by atoms with Crippen molar-refractivity contribution in [2.45, 2.75) is 49.1 Å². The third-order valence-corrected chi connectivity index (χ3v) is 7.48. The molecule has 9 heteroatoms. The smallest absolute Gasteiger partial charge is 0.247 e. The molecule has 0 unspecified atom stereocenters. The number of amides is 1. The first-order valence-corrected chi connectivity index (χ1v) is 10.1. The molecule has 3 atom stereocenters. The molecule has 1 aliphatic carbocycles. The van der Waals surface area contributed by atoms with Gasteiger partial charge in [0.1, 0.15) is 16.1 Å². The zero-order chi connectivity index (χ0) is 16.8. The van der Waals surface area contributed by atoms with Crippen LogP contribution in [0.25, 0.3) is 0 Å². The first-order chi connectivity index (χ1) is 10.8. The van der Waals surface area contributed by atoms with Gasteiger partial charge in [0.05, 0.1) is 0 Å². The minimum Gasteiger partial charge on any atom is -0.368 e. The Hall–Kier alpha value is -0.700. The van der Waals surface area contributed by atoms with Gasteiger partial charge in [-0.1, -0.05) is 24.4 Å². The Morgan fingerprint density at radius 2 is 2.09 bits per heavy atom. The lowest BCUT2D eigenvalue weighted by Crippen LogP contribution is -2.48. The predicted octanol–water partition coefficient (Wildman–Crippen LogP) is 2.30. The minimum absolute atomic E-state index is 0.0917. The molecule has 2 aliphatic rings. The van der Waals surface area contributed by atoms with Crippen molar-refractivity contribution in [1.29, 1.82) is 0 Å². The molecule has 2 fully saturated rings. The first kappa shape index (κ1) is 17.1. The van der Waals surface area contributed by atoms with Crippen molar-refractivity contribution in [3.05, 3.63) is 21.9 Å². The Morgan fingerprint density at radius 1 is 1.39 bits per heavy atom. The molecule has 6 nitrogen and oxygen atoms in total. The van der Waals surface area contributed by atoms with Crippen molar-refractivity contribution in [2.24, 2.45) is 11.7 Å². The van der Waals surface area contributed by atoms with Crippen molar-refractivity contribution in [1.82, 2.24) is 9.29 Å². The average Bonchev–Trinajstić information content (AvgIpc) is 2.90. The number of fused-ring (bicyclic) bond motifs is 1. The van der Waals surface area contributed by atoms with Gasteiger partial charge in [0.15, 0.2) is 0 Å². The molecule has 0 aromatic carbocycles. The van der Waals surface area contributed by atoms with E-state index in [2.05, 4.69) is 20.9 Å². The Morgan fingerprint density at radius 3 is 2.78 bits per heavy atom. The number of pyridine rings is 1. The molecule has 126 valence electrons. The molecule has 1 aromatic heterocycles. The number of carbonyl (C=O) groups is 1. The van der Waals surface area contributed by atoms with Crippen LogP contribution >= 0.6 is 27.5 Å². The number of aromatic nitrogens is 1. The highest BCUT2D eigenvalue weighted by atomic mass is 79.9. The molecule has 3 rings (SSSR count). The van der Waals surface area contributed by atoms with Crippen LogP contribution in [-0.2, 0) is 14.8 Å². The lowest BCUT2D eigenvalue weighted by atomic mass is 9.85. The average molecular weight is 423 g/mol. The molecule has 1 aliphatic heterocycles. The van der Waals surface area contributed by atoms with E-state index in [-0.39, 0.29) is 22.0 Å². The summed E-state index contributed by atoms with van der Waals surface area (Å²) in [4.78, 5) is 15.6. The molecule has 1 aromatic rings. The van der Waals surface area contributed by atoms with Crippen LogP contribution in [0, 0.1) is 5.92 Å². The van der Waals surface area contributed by atoms with E-state index in [1.54, 1.807) is 0 Å². The number of primary amides is 1. The Bertz CT molecular complexity index is 743. The summed E-state index contributed by atoms with van der Waals surface area (Å²) in [5.74, 6) is -0.433. The molecule has 0 radical (unpaired) electrons. The summed E-state index contributed by atoms with van der Waals surface area (Å²) >= 11 is 9.22. The Balaban J connectivity index is 2.08. The highest BCUT2D eigenvalue weighted by molar-refractivity contribution is 9.10. The zero-order valence-corrected chi connectivity index (χ0v) is 15.4. The van der Waals surface area contributed by atoms with Crippen molar-refractivity contribution in [3.8, 4) is 0 Å². The second-order valence-corrected chi connectivity index (χ2v) is 9.13. The van der Waals surface area contributed by atoms with Crippen molar-refractivity contribution < 1.29 is 13.2 Å². The highest BCUT2D eigenvalue weighted by Crippen LogP contribution is 2.43. The summed E-state index contributed by atoms with van der Waals surface area (Å²) in [7, 11) is -3.95. The number of nitrogens with two attached hydrogens (primary N) is 1. The summed E-state index contributed by atoms with van der Waals surface area (Å²) in [5, 5.41) is -0.101. The molecular weight excluding hydrogens is 406 g/mol. The SMILES string of the molecule is NC(=O)[C@@H]1C[C@@H]2CCCC[C@H]2N1S(=O)(=O)c1cc(Br)cnc1Cl. The molecule has 0 bridgehead atoms. The van der Waals surface area contributed by atoms with Gasteiger partial charge in [-0.3, -0.25) is 4.79 Å². The van der Waals surface area contributed by atoms with Crippen molar-refractivity contribution in [3.63, 3.8) is 0 Å². The largest absolute Gasteiger partial charge is 0.368 e. The van der Waals surface area contributed by atoms with Crippen molar-refractivity contribution >= 4 is 43.5 Å². The van der Waals surface area contributed by atoms with Gasteiger partial charge in [0, 0.05) is 16.7 Å². The maximum absolute atomic E-state index is 13.2. The third-order valence-electron chi connectivity index (χ3n) is 4.69. The van der Waals surface area contributed by atoms with E-state index in [0.717, 1.165) is 25.7 Å². The standard InChI is InChI=1S/C14H17BrClN3O3S/c15-9-6-12(13(16)18-7-9)23(21,22)19-10-4-2-1-3-8(10)5-11(19)14(17)20/h6-8,10-11H,1-5H2,(H2,17,20)/t8-,10+,11-/m0/s1. The monoisotopic (exact) mass is 421 g/mol. The summed E-state index contributed by atoms with van der Waals surface area (Å²) < 4.78 is 28.1. The van der Waals surface area contributed by atoms with Crippen LogP contribution in [0.4, 0.5) is 0 Å². The van der Waals surface area contributed by atoms with E-state index in [1.165, 1.54) is 16.6 Å². The first-order valence-electron chi connectivity index (χ1n) is 7.46. The van der Waals surface area contributed by atoms with Gasteiger partial charge < -0.3 is 5.73 Å². The topological polar surface area (TPSA) is 93.4 Å². The van der Waals surface area contributed by atoms with Gasteiger partial charge in [-0.2, -0.15) is 4.31 Å². The number of halogens is 2. The van der Waals surface area contributed by atoms with Gasteiger partial charge in [-0.05, 0) is 47.2 Å². The van der Waals surface area contributed by atoms with Crippen molar-refractivity contribution in [2.75, 3.05) is 0 Å². The number of hydrogen-bond donors (Lipinski definition) is 1. The number of carbonyl (C=O) groups excluding carboxylic acids is 1. The van der Waals surface area contributed by atoms with Gasteiger partial charge in [-0.15, -0.1) is 0 Å². The number of rotatable bonds is 3. The Kier molecular flexibility index (Phi) is 4.70. The van der Waals surface area contributed by atoms with Gasteiger partial charge in [-0.25, -0.2) is 13.4 Å². The summed E-state index contributed by atoms with van der Waals surface area (Å²) in [5.41, 5.74) is 5.48. The summed E-state index contributed by atoms with van der Waals surface area (Å²) in [6, 6.07) is 0.406. The second-order valence-electron chi connectivity index (χ2n) is 6.04. The maximum Gasteiger partial charge on any atom is 0.247 e. The Labute approximate surface area is 148 Å². The summed E-state index contributed by atoms with van der Waals surface area (Å²) in [6.07, 6.45) is 5.58. The van der Waals surface area contributed by atoms with Crippen LogP contribution in [0.5, 0.6) is 0 Å². The lowest BCUT2D eigenvalue weighted by Gasteiger charge is -2.32. The number of sulfonamides is 1. The molecule has 23 heavy (non-hydrogen) atoms. The van der Waals surface area contributed by atoms with E-state index >= 15 is 0 Å². The molecule has 1 saturated heterocycles. The second kappa shape index (κ2) is 6.31. The van der Waals surface area contributed by atoms with Crippen LogP contribution in [0.2, 0.25) is 5.15 Å². The van der Waals surface area contributed by atoms with Gasteiger partial charge >= 0.3 is 0 Å². The summed E-state index contributed by atoms with van der Waals surface area (Å²) in [6.45, 7) is 0. The predicted molar refractivity (Wildman–Crippen MR) is 89.3 cm³/mol. The molecular formula is C14H17BrClN3O3S. The minimum atomic E-state index is -3.95. The lowest BCUT2D eigenvalue weighted by molar-refractivity contribution is -0.121. The van der Waals surface area contributed by atoms with Gasteiger partial charge in [0.25, 0.3) is 0 Å². The molecule has 1 amide bonds. The van der Waals surface area contributed by atoms with E-state index in [4.69, 9.17) is 17.3 Å². The van der Waals surface area contributed by atoms with E-state index in [1.807, 2.05) is 0 Å². The van der Waals surface area contributed by atoms with Crippen LogP contribution in [0.15, 0.2) is 21.6 Å². The third kappa shape index (κ3) is 3.01. The fourth-order valence-corrected chi connectivity index (χ4v) is 6.51. The number of hydrogen-bond acceptors (Lipinski definition) is 4. The van der Waals surface area contributed by atoms with E-state index < -0.39 is 22.0 Å². The zero-order valence-electron chi connectivity index (χ0n) is 12.3.